The van der Waals surface area contributed by atoms with E-state index in [2.05, 4.69) is 18.3 Å². The molecule has 0 bridgehead atoms. The number of phenols is 1. The van der Waals surface area contributed by atoms with Crippen LogP contribution in [0.1, 0.15) is 56.2 Å². The molecule has 1 aromatic carbocycles. The second-order valence-electron chi connectivity index (χ2n) is 5.97. The molecule has 2 heteroatoms. The zero-order valence-corrected chi connectivity index (χ0v) is 11.2. The number of aromatic hydroxyl groups is 1. The lowest BCUT2D eigenvalue weighted by molar-refractivity contribution is 0.258. The fourth-order valence-corrected chi connectivity index (χ4v) is 3.63. The Hall–Kier alpha value is -1.02. The molecule has 0 aliphatic heterocycles. The third-order valence-corrected chi connectivity index (χ3v) is 4.77. The molecule has 2 N–H and O–H groups in total. The number of rotatable bonds is 2. The molecule has 1 aromatic rings. The van der Waals surface area contributed by atoms with Crippen LogP contribution in [0.15, 0.2) is 18.2 Å². The Morgan fingerprint density at radius 2 is 2.00 bits per heavy atom. The van der Waals surface area contributed by atoms with Gasteiger partial charge in [0.1, 0.15) is 5.75 Å². The maximum absolute atomic E-state index is 9.88. The first-order chi connectivity index (χ1) is 8.75. The Morgan fingerprint density at radius 3 is 2.83 bits per heavy atom. The van der Waals surface area contributed by atoms with Crippen LogP contribution in [0.5, 0.6) is 5.75 Å². The van der Waals surface area contributed by atoms with Gasteiger partial charge >= 0.3 is 0 Å². The second-order valence-corrected chi connectivity index (χ2v) is 5.97. The summed E-state index contributed by atoms with van der Waals surface area (Å²) in [4.78, 5) is 0. The highest BCUT2D eigenvalue weighted by Gasteiger charge is 2.29. The maximum Gasteiger partial charge on any atom is 0.119 e. The molecule has 2 aliphatic rings. The number of phenolic OH excluding ortho intramolecular Hbond substituents is 1. The quantitative estimate of drug-likeness (QED) is 0.835. The first-order valence-corrected chi connectivity index (χ1v) is 7.32. The van der Waals surface area contributed by atoms with Crippen molar-refractivity contribution in [1.29, 1.82) is 0 Å². The van der Waals surface area contributed by atoms with Crippen LogP contribution in [0.25, 0.3) is 0 Å². The van der Waals surface area contributed by atoms with Crippen molar-refractivity contribution in [1.82, 2.24) is 5.32 Å². The molecule has 0 heterocycles. The van der Waals surface area contributed by atoms with Gasteiger partial charge in [0.25, 0.3) is 0 Å². The summed E-state index contributed by atoms with van der Waals surface area (Å²) in [5, 5.41) is 13.7. The van der Waals surface area contributed by atoms with Crippen LogP contribution in [0.3, 0.4) is 0 Å². The van der Waals surface area contributed by atoms with Gasteiger partial charge < -0.3 is 10.4 Å². The second kappa shape index (κ2) is 4.93. The van der Waals surface area contributed by atoms with E-state index >= 15 is 0 Å². The molecular weight excluding hydrogens is 222 g/mol. The molecule has 0 saturated heterocycles. The summed E-state index contributed by atoms with van der Waals surface area (Å²) >= 11 is 0. The zero-order valence-electron chi connectivity index (χ0n) is 11.2. The summed E-state index contributed by atoms with van der Waals surface area (Å²) in [6.07, 6.45) is 7.57. The average molecular weight is 245 g/mol. The fourth-order valence-electron chi connectivity index (χ4n) is 3.63. The maximum atomic E-state index is 9.88. The molecule has 3 atom stereocenters. The van der Waals surface area contributed by atoms with Gasteiger partial charge in [0.2, 0.25) is 0 Å². The Bertz CT molecular complexity index is 429. The number of benzene rings is 1. The number of hydrogen-bond acceptors (Lipinski definition) is 2. The summed E-state index contributed by atoms with van der Waals surface area (Å²) in [5.41, 5.74) is 2.49. The monoisotopic (exact) mass is 245 g/mol. The van der Waals surface area contributed by atoms with E-state index in [0.29, 0.717) is 17.8 Å². The van der Waals surface area contributed by atoms with Crippen LogP contribution in [0, 0.1) is 5.92 Å². The first kappa shape index (κ1) is 12.0. The summed E-state index contributed by atoms with van der Waals surface area (Å²) in [6.45, 7) is 2.37. The van der Waals surface area contributed by atoms with E-state index in [0.717, 1.165) is 18.8 Å². The third kappa shape index (κ3) is 2.14. The van der Waals surface area contributed by atoms with Crippen molar-refractivity contribution >= 4 is 0 Å². The molecule has 2 nitrogen and oxygen atoms in total. The SMILES string of the molecule is CC1CCCCC1NC1CCc2c(O)cccc21. The highest BCUT2D eigenvalue weighted by molar-refractivity contribution is 5.44. The van der Waals surface area contributed by atoms with Crippen molar-refractivity contribution in [3.63, 3.8) is 0 Å². The lowest BCUT2D eigenvalue weighted by Crippen LogP contribution is -2.38. The predicted octanol–water partition coefficient (Wildman–Crippen LogP) is 3.55. The summed E-state index contributed by atoms with van der Waals surface area (Å²) < 4.78 is 0. The van der Waals surface area contributed by atoms with Crippen molar-refractivity contribution < 1.29 is 5.11 Å². The van der Waals surface area contributed by atoms with Crippen molar-refractivity contribution in [2.45, 2.75) is 57.5 Å². The molecule has 1 saturated carbocycles. The number of hydrogen-bond donors (Lipinski definition) is 2. The Balaban J connectivity index is 1.74. The molecule has 3 unspecified atom stereocenters. The van der Waals surface area contributed by atoms with E-state index in [1.807, 2.05) is 12.1 Å². The smallest absolute Gasteiger partial charge is 0.119 e. The van der Waals surface area contributed by atoms with E-state index in [9.17, 15) is 5.11 Å². The highest BCUT2D eigenvalue weighted by Crippen LogP contribution is 2.37. The Labute approximate surface area is 109 Å². The predicted molar refractivity (Wildman–Crippen MR) is 73.7 cm³/mol. The first-order valence-electron chi connectivity index (χ1n) is 7.32. The minimum absolute atomic E-state index is 0.456. The van der Waals surface area contributed by atoms with Crippen LogP contribution in [-0.2, 0) is 6.42 Å². The van der Waals surface area contributed by atoms with E-state index in [1.54, 1.807) is 0 Å². The minimum Gasteiger partial charge on any atom is -0.508 e. The van der Waals surface area contributed by atoms with E-state index in [4.69, 9.17) is 0 Å². The summed E-state index contributed by atoms with van der Waals surface area (Å²) in [5.74, 6) is 1.27. The highest BCUT2D eigenvalue weighted by atomic mass is 16.3. The van der Waals surface area contributed by atoms with Gasteiger partial charge in [-0.15, -0.1) is 0 Å². The van der Waals surface area contributed by atoms with Gasteiger partial charge in [-0.05, 0) is 48.8 Å². The van der Waals surface area contributed by atoms with Crippen LogP contribution in [0.4, 0.5) is 0 Å². The van der Waals surface area contributed by atoms with Crippen molar-refractivity contribution in [2.24, 2.45) is 5.92 Å². The average Bonchev–Trinajstić information content (AvgIpc) is 2.77. The third-order valence-electron chi connectivity index (χ3n) is 4.77. The van der Waals surface area contributed by atoms with Crippen molar-refractivity contribution in [2.75, 3.05) is 0 Å². The number of nitrogens with one attached hydrogen (secondary N) is 1. The standard InChI is InChI=1S/C16H23NO/c1-11-5-2-3-7-14(11)17-15-10-9-13-12(15)6-4-8-16(13)18/h4,6,8,11,14-15,17-18H,2-3,5,7,9-10H2,1H3. The lowest BCUT2D eigenvalue weighted by Gasteiger charge is -2.32. The normalized spacial score (nSPS) is 31.3. The van der Waals surface area contributed by atoms with E-state index in [1.165, 1.54) is 36.8 Å². The molecular formula is C16H23NO. The van der Waals surface area contributed by atoms with Gasteiger partial charge in [0.15, 0.2) is 0 Å². The van der Waals surface area contributed by atoms with Crippen molar-refractivity contribution in [3.05, 3.63) is 29.3 Å². The molecule has 0 radical (unpaired) electrons. The molecule has 0 aromatic heterocycles. The summed E-state index contributed by atoms with van der Waals surface area (Å²) in [7, 11) is 0. The Morgan fingerprint density at radius 1 is 1.17 bits per heavy atom. The Kier molecular flexibility index (Phi) is 3.29. The molecule has 3 rings (SSSR count). The molecule has 98 valence electrons. The van der Waals surface area contributed by atoms with E-state index < -0.39 is 0 Å². The largest absolute Gasteiger partial charge is 0.508 e. The zero-order chi connectivity index (χ0) is 12.5. The van der Waals surface area contributed by atoms with Gasteiger partial charge in [-0.3, -0.25) is 0 Å². The van der Waals surface area contributed by atoms with Crippen molar-refractivity contribution in [3.8, 4) is 5.75 Å². The van der Waals surface area contributed by atoms with Crippen LogP contribution < -0.4 is 5.32 Å². The van der Waals surface area contributed by atoms with Gasteiger partial charge in [0, 0.05) is 12.1 Å². The van der Waals surface area contributed by atoms with Gasteiger partial charge in [0.05, 0.1) is 0 Å². The van der Waals surface area contributed by atoms with Gasteiger partial charge in [-0.2, -0.15) is 0 Å². The number of fused-ring (bicyclic) bond motifs is 1. The van der Waals surface area contributed by atoms with Crippen LogP contribution in [-0.4, -0.2) is 11.1 Å². The molecule has 1 fully saturated rings. The summed E-state index contributed by atoms with van der Waals surface area (Å²) in [6, 6.07) is 7.07. The topological polar surface area (TPSA) is 32.3 Å². The molecule has 18 heavy (non-hydrogen) atoms. The molecule has 0 amide bonds. The molecule has 0 spiro atoms. The molecule has 2 aliphatic carbocycles. The van der Waals surface area contributed by atoms with Gasteiger partial charge in [-0.25, -0.2) is 0 Å². The van der Waals surface area contributed by atoms with Gasteiger partial charge in [-0.1, -0.05) is 31.9 Å². The fraction of sp³-hybridized carbons (Fsp3) is 0.625. The lowest BCUT2D eigenvalue weighted by atomic mass is 9.85. The van der Waals surface area contributed by atoms with Crippen LogP contribution >= 0.6 is 0 Å². The minimum atomic E-state index is 0.456. The van der Waals surface area contributed by atoms with E-state index in [-0.39, 0.29) is 0 Å². The van der Waals surface area contributed by atoms with Crippen LogP contribution in [0.2, 0.25) is 0 Å².